The molecule has 2 N–H and O–H groups in total. The first-order valence-corrected chi connectivity index (χ1v) is 8.68. The first kappa shape index (κ1) is 21.0. The van der Waals surface area contributed by atoms with Gasteiger partial charge in [0, 0.05) is 12.2 Å². The minimum Gasteiger partial charge on any atom is -0.345 e. The predicted octanol–water partition coefficient (Wildman–Crippen LogP) is 2.16. The van der Waals surface area contributed by atoms with Gasteiger partial charge in [-0.3, -0.25) is 14.4 Å². The zero-order chi connectivity index (χ0) is 19.0. The van der Waals surface area contributed by atoms with Crippen LogP contribution in [0.25, 0.3) is 0 Å². The van der Waals surface area contributed by atoms with Crippen molar-refractivity contribution in [3.63, 3.8) is 0 Å². The zero-order valence-electron chi connectivity index (χ0n) is 15.1. The molecule has 0 aliphatic carbocycles. The summed E-state index contributed by atoms with van der Waals surface area (Å²) < 4.78 is 0. The van der Waals surface area contributed by atoms with Gasteiger partial charge in [-0.25, -0.2) is 0 Å². The maximum absolute atomic E-state index is 12.1. The normalized spacial score (nSPS) is 11.8. The van der Waals surface area contributed by atoms with E-state index in [-0.39, 0.29) is 30.8 Å². The van der Waals surface area contributed by atoms with Crippen LogP contribution in [0, 0.1) is 12.8 Å². The van der Waals surface area contributed by atoms with Crippen LogP contribution in [0.2, 0.25) is 0 Å². The number of carbonyl (C=O) groups is 3. The number of amides is 3. The topological polar surface area (TPSA) is 78.5 Å². The van der Waals surface area contributed by atoms with Gasteiger partial charge in [-0.1, -0.05) is 31.5 Å². The molecule has 0 saturated carbocycles. The summed E-state index contributed by atoms with van der Waals surface area (Å²) in [5.74, 6) is -0.818. The van der Waals surface area contributed by atoms with E-state index in [1.807, 2.05) is 32.9 Å². The number of rotatable bonds is 8. The molecule has 0 fully saturated rings. The Morgan fingerprint density at radius 1 is 1.08 bits per heavy atom. The van der Waals surface area contributed by atoms with Gasteiger partial charge >= 0.3 is 0 Å². The average Bonchev–Trinajstić information content (AvgIpc) is 2.53. The van der Waals surface area contributed by atoms with Crippen molar-refractivity contribution in [2.24, 2.45) is 5.92 Å². The van der Waals surface area contributed by atoms with E-state index >= 15 is 0 Å². The molecule has 7 heteroatoms. The van der Waals surface area contributed by atoms with Crippen LogP contribution in [-0.4, -0.2) is 47.6 Å². The monoisotopic (exact) mass is 367 g/mol. The van der Waals surface area contributed by atoms with Gasteiger partial charge in [0.05, 0.1) is 13.1 Å². The smallest absolute Gasteiger partial charge is 0.243 e. The molecule has 0 aromatic heterocycles. The Balaban J connectivity index is 2.49. The first-order chi connectivity index (χ1) is 11.7. The minimum absolute atomic E-state index is 0.119. The summed E-state index contributed by atoms with van der Waals surface area (Å²) in [4.78, 5) is 37.4. The number of halogens is 1. The molecule has 0 unspecified atom stereocenters. The van der Waals surface area contributed by atoms with Gasteiger partial charge in [-0.15, -0.1) is 11.6 Å². The maximum Gasteiger partial charge on any atom is 0.243 e. The largest absolute Gasteiger partial charge is 0.345 e. The fraction of sp³-hybridized carbons (Fsp3) is 0.500. The van der Waals surface area contributed by atoms with Crippen molar-refractivity contribution in [1.29, 1.82) is 0 Å². The second-order valence-corrected chi connectivity index (χ2v) is 7.07. The summed E-state index contributed by atoms with van der Waals surface area (Å²) in [6, 6.07) is 7.35. The maximum atomic E-state index is 12.1. The lowest BCUT2D eigenvalue weighted by Gasteiger charge is -2.25. The lowest BCUT2D eigenvalue weighted by Crippen LogP contribution is -2.46. The number of carbonyl (C=O) groups excluding carboxylic acids is 3. The fourth-order valence-electron chi connectivity index (χ4n) is 2.17. The van der Waals surface area contributed by atoms with E-state index in [1.54, 1.807) is 19.1 Å². The predicted molar refractivity (Wildman–Crippen MR) is 99.6 cm³/mol. The van der Waals surface area contributed by atoms with Crippen molar-refractivity contribution >= 4 is 35.0 Å². The fourth-order valence-corrected chi connectivity index (χ4v) is 2.31. The standard InChI is InChI=1S/C18H26ClN3O3/c1-12(2)10-22(18(25)14(4)19)11-17(24)20-9-16(23)21-15-7-5-13(3)6-8-15/h5-8,12,14H,9-11H2,1-4H3,(H,20,24)(H,21,23)/t14-/m1/s1. The van der Waals surface area contributed by atoms with Crippen molar-refractivity contribution < 1.29 is 14.4 Å². The van der Waals surface area contributed by atoms with Crippen LogP contribution in [0.15, 0.2) is 24.3 Å². The van der Waals surface area contributed by atoms with Crippen molar-refractivity contribution in [2.75, 3.05) is 25.0 Å². The quantitative estimate of drug-likeness (QED) is 0.691. The summed E-state index contributed by atoms with van der Waals surface area (Å²) in [7, 11) is 0. The molecule has 6 nitrogen and oxygen atoms in total. The summed E-state index contributed by atoms with van der Waals surface area (Å²) in [5.41, 5.74) is 1.76. The highest BCUT2D eigenvalue weighted by Crippen LogP contribution is 2.08. The molecule has 1 aromatic carbocycles. The van der Waals surface area contributed by atoms with Gasteiger partial charge in [-0.05, 0) is 31.9 Å². The number of hydrogen-bond acceptors (Lipinski definition) is 3. The SMILES string of the molecule is Cc1ccc(NC(=O)CNC(=O)CN(CC(C)C)C(=O)[C@@H](C)Cl)cc1. The molecule has 0 spiro atoms. The molecule has 0 saturated heterocycles. The van der Waals surface area contributed by atoms with Crippen LogP contribution in [-0.2, 0) is 14.4 Å². The third-order valence-corrected chi connectivity index (χ3v) is 3.54. The molecular formula is C18H26ClN3O3. The summed E-state index contributed by atoms with van der Waals surface area (Å²) in [6.07, 6.45) is 0. The Morgan fingerprint density at radius 3 is 2.20 bits per heavy atom. The Kier molecular flexibility index (Phi) is 8.41. The van der Waals surface area contributed by atoms with Crippen LogP contribution in [0.4, 0.5) is 5.69 Å². The number of benzene rings is 1. The average molecular weight is 368 g/mol. The molecule has 3 amide bonds. The summed E-state index contributed by atoms with van der Waals surface area (Å²) in [5, 5.41) is 4.52. The molecule has 0 aliphatic heterocycles. The molecular weight excluding hydrogens is 342 g/mol. The number of hydrogen-bond donors (Lipinski definition) is 2. The van der Waals surface area contributed by atoms with Crippen LogP contribution in [0.3, 0.4) is 0 Å². The summed E-state index contributed by atoms with van der Waals surface area (Å²) in [6.45, 7) is 7.58. The highest BCUT2D eigenvalue weighted by molar-refractivity contribution is 6.30. The first-order valence-electron chi connectivity index (χ1n) is 8.25. The molecule has 0 heterocycles. The van der Waals surface area contributed by atoms with Crippen molar-refractivity contribution in [1.82, 2.24) is 10.2 Å². The molecule has 0 aliphatic rings. The van der Waals surface area contributed by atoms with Crippen molar-refractivity contribution in [3.8, 4) is 0 Å². The van der Waals surface area contributed by atoms with Crippen LogP contribution < -0.4 is 10.6 Å². The third-order valence-electron chi connectivity index (χ3n) is 3.35. The lowest BCUT2D eigenvalue weighted by atomic mass is 10.2. The van der Waals surface area contributed by atoms with Crippen LogP contribution in [0.5, 0.6) is 0 Å². The van der Waals surface area contributed by atoms with E-state index in [9.17, 15) is 14.4 Å². The number of aryl methyl sites for hydroxylation is 1. The number of anilines is 1. The minimum atomic E-state index is -0.698. The van der Waals surface area contributed by atoms with Gasteiger partial charge in [-0.2, -0.15) is 0 Å². The van der Waals surface area contributed by atoms with E-state index in [1.165, 1.54) is 4.90 Å². The van der Waals surface area contributed by atoms with Gasteiger partial charge in [0.2, 0.25) is 17.7 Å². The Hall–Kier alpha value is -2.08. The molecule has 25 heavy (non-hydrogen) atoms. The van der Waals surface area contributed by atoms with Crippen molar-refractivity contribution in [3.05, 3.63) is 29.8 Å². The highest BCUT2D eigenvalue weighted by Gasteiger charge is 2.22. The van der Waals surface area contributed by atoms with E-state index in [4.69, 9.17) is 11.6 Å². The Labute approximate surface area is 153 Å². The lowest BCUT2D eigenvalue weighted by molar-refractivity contribution is -0.136. The van der Waals surface area contributed by atoms with E-state index in [2.05, 4.69) is 10.6 Å². The third kappa shape index (κ3) is 8.03. The highest BCUT2D eigenvalue weighted by atomic mass is 35.5. The van der Waals surface area contributed by atoms with Gasteiger partial charge in [0.1, 0.15) is 5.38 Å². The number of nitrogens with one attached hydrogen (secondary N) is 2. The molecule has 1 atom stereocenters. The molecule has 0 bridgehead atoms. The van der Waals surface area contributed by atoms with Crippen molar-refractivity contribution in [2.45, 2.75) is 33.1 Å². The number of nitrogens with zero attached hydrogens (tertiary/aromatic N) is 1. The van der Waals surface area contributed by atoms with Crippen LogP contribution in [0.1, 0.15) is 26.3 Å². The molecule has 138 valence electrons. The second-order valence-electron chi connectivity index (χ2n) is 6.42. The van der Waals surface area contributed by atoms with E-state index in [0.717, 1.165) is 5.56 Å². The Morgan fingerprint density at radius 2 is 1.68 bits per heavy atom. The van der Waals surface area contributed by atoms with Gasteiger partial charge in [0.25, 0.3) is 0 Å². The molecule has 1 aromatic rings. The summed E-state index contributed by atoms with van der Waals surface area (Å²) >= 11 is 5.83. The van der Waals surface area contributed by atoms with Gasteiger partial charge in [0.15, 0.2) is 0 Å². The molecule has 1 rings (SSSR count). The van der Waals surface area contributed by atoms with Crippen LogP contribution >= 0.6 is 11.6 Å². The van der Waals surface area contributed by atoms with E-state index < -0.39 is 11.3 Å². The second kappa shape index (κ2) is 10.0. The molecule has 0 radical (unpaired) electrons. The number of alkyl halides is 1. The Bertz CT molecular complexity index is 600. The zero-order valence-corrected chi connectivity index (χ0v) is 15.9. The van der Waals surface area contributed by atoms with Gasteiger partial charge < -0.3 is 15.5 Å². The van der Waals surface area contributed by atoms with E-state index in [0.29, 0.717) is 12.2 Å².